The van der Waals surface area contributed by atoms with E-state index in [1.54, 1.807) is 30.0 Å². The van der Waals surface area contributed by atoms with Gasteiger partial charge < -0.3 is 15.0 Å². The van der Waals surface area contributed by atoms with Gasteiger partial charge in [0.25, 0.3) is 5.91 Å². The van der Waals surface area contributed by atoms with Gasteiger partial charge >= 0.3 is 0 Å². The molecule has 1 N–H and O–H groups in total. The maximum atomic E-state index is 13.2. The summed E-state index contributed by atoms with van der Waals surface area (Å²) >= 11 is 9.51. The Hall–Kier alpha value is -2.05. The summed E-state index contributed by atoms with van der Waals surface area (Å²) in [4.78, 5) is 27.7. The molecule has 2 aromatic rings. The molecule has 0 aliphatic heterocycles. The number of amides is 2. The van der Waals surface area contributed by atoms with Crippen LogP contribution in [0.1, 0.15) is 50.2 Å². The molecule has 32 heavy (non-hydrogen) atoms. The molecular weight excluding hydrogens is 492 g/mol. The number of hydrogen-bond donors (Lipinski definition) is 1. The van der Waals surface area contributed by atoms with Crippen LogP contribution in [0.5, 0.6) is 5.75 Å². The van der Waals surface area contributed by atoms with Crippen molar-refractivity contribution in [1.29, 1.82) is 0 Å². The molecule has 172 valence electrons. The molecule has 1 saturated carbocycles. The Bertz CT molecular complexity index is 929. The standard InChI is InChI=1S/C25H30BrClN2O3/c1-17-14-22(12-13-23(17)27)32-16-24(30)29(15-19-8-10-20(26)11-9-19)18(2)25(31)28-21-6-4-3-5-7-21/h8-14,18,21H,3-7,15-16H2,1-2H3,(H,28,31)/t18-/m0/s1. The minimum atomic E-state index is -0.608. The molecule has 0 bridgehead atoms. The zero-order chi connectivity index (χ0) is 23.1. The predicted octanol–water partition coefficient (Wildman–Crippen LogP) is 5.66. The molecule has 1 fully saturated rings. The second-order valence-electron chi connectivity index (χ2n) is 8.37. The Kier molecular flexibility index (Phi) is 9.00. The topological polar surface area (TPSA) is 58.6 Å². The quantitative estimate of drug-likeness (QED) is 0.488. The summed E-state index contributed by atoms with van der Waals surface area (Å²) in [5, 5.41) is 3.79. The molecule has 0 unspecified atom stereocenters. The van der Waals surface area contributed by atoms with E-state index in [0.29, 0.717) is 17.3 Å². The van der Waals surface area contributed by atoms with Crippen LogP contribution in [0.4, 0.5) is 0 Å². The largest absolute Gasteiger partial charge is 0.484 e. The van der Waals surface area contributed by atoms with Crippen LogP contribution in [0.2, 0.25) is 5.02 Å². The second-order valence-corrected chi connectivity index (χ2v) is 9.69. The van der Waals surface area contributed by atoms with Gasteiger partial charge in [0, 0.05) is 22.1 Å². The lowest BCUT2D eigenvalue weighted by Crippen LogP contribution is -2.51. The van der Waals surface area contributed by atoms with Crippen LogP contribution < -0.4 is 10.1 Å². The Labute approximate surface area is 203 Å². The van der Waals surface area contributed by atoms with E-state index in [4.69, 9.17) is 16.3 Å². The Balaban J connectivity index is 1.70. The van der Waals surface area contributed by atoms with E-state index in [1.165, 1.54) is 6.42 Å². The van der Waals surface area contributed by atoms with Gasteiger partial charge in [0.15, 0.2) is 6.61 Å². The lowest BCUT2D eigenvalue weighted by Gasteiger charge is -2.31. The SMILES string of the molecule is Cc1cc(OCC(=O)N(Cc2ccc(Br)cc2)[C@@H](C)C(=O)NC2CCCCC2)ccc1Cl. The number of nitrogens with one attached hydrogen (secondary N) is 1. The highest BCUT2D eigenvalue weighted by Crippen LogP contribution is 2.22. The smallest absolute Gasteiger partial charge is 0.261 e. The van der Waals surface area contributed by atoms with Crippen molar-refractivity contribution in [3.05, 3.63) is 63.1 Å². The predicted molar refractivity (Wildman–Crippen MR) is 131 cm³/mol. The molecular formula is C25H30BrClN2O3. The molecule has 1 atom stereocenters. The summed E-state index contributed by atoms with van der Waals surface area (Å²) in [5.41, 5.74) is 1.82. The summed E-state index contributed by atoms with van der Waals surface area (Å²) in [5.74, 6) is 0.208. The van der Waals surface area contributed by atoms with Gasteiger partial charge in [-0.2, -0.15) is 0 Å². The number of carbonyl (C=O) groups is 2. The van der Waals surface area contributed by atoms with Crippen molar-refractivity contribution >= 4 is 39.3 Å². The van der Waals surface area contributed by atoms with Crippen molar-refractivity contribution in [2.45, 2.75) is 64.6 Å². The van der Waals surface area contributed by atoms with Crippen molar-refractivity contribution < 1.29 is 14.3 Å². The zero-order valence-corrected chi connectivity index (χ0v) is 20.9. The van der Waals surface area contributed by atoms with Crippen LogP contribution in [0.3, 0.4) is 0 Å². The monoisotopic (exact) mass is 520 g/mol. The summed E-state index contributed by atoms with van der Waals surface area (Å²) in [6.07, 6.45) is 5.48. The number of rotatable bonds is 8. The molecule has 7 heteroatoms. The van der Waals surface area contributed by atoms with Gasteiger partial charge in [-0.15, -0.1) is 0 Å². The molecule has 2 aromatic carbocycles. The summed E-state index contributed by atoms with van der Waals surface area (Å²) < 4.78 is 6.69. The first-order chi connectivity index (χ1) is 15.3. The van der Waals surface area contributed by atoms with Crippen LogP contribution in [-0.2, 0) is 16.1 Å². The maximum absolute atomic E-state index is 13.2. The Morgan fingerprint density at radius 2 is 1.84 bits per heavy atom. The van der Waals surface area contributed by atoms with Gasteiger partial charge in [-0.1, -0.05) is 58.9 Å². The lowest BCUT2D eigenvalue weighted by molar-refractivity contribution is -0.142. The fourth-order valence-corrected chi connectivity index (χ4v) is 4.25. The number of ether oxygens (including phenoxy) is 1. The third-order valence-corrected chi connectivity index (χ3v) is 6.83. The minimum Gasteiger partial charge on any atom is -0.484 e. The lowest BCUT2D eigenvalue weighted by atomic mass is 9.95. The minimum absolute atomic E-state index is 0.121. The number of aryl methyl sites for hydroxylation is 1. The van der Waals surface area contributed by atoms with Crippen LogP contribution in [0.25, 0.3) is 0 Å². The molecule has 2 amide bonds. The number of carbonyl (C=O) groups excluding carboxylic acids is 2. The first kappa shape index (κ1) is 24.6. The number of halogens is 2. The molecule has 1 aliphatic rings. The highest BCUT2D eigenvalue weighted by Gasteiger charge is 2.28. The highest BCUT2D eigenvalue weighted by atomic mass is 79.9. The Morgan fingerprint density at radius 3 is 2.50 bits per heavy atom. The van der Waals surface area contributed by atoms with Crippen molar-refractivity contribution in [2.75, 3.05) is 6.61 Å². The molecule has 0 aromatic heterocycles. The fourth-order valence-electron chi connectivity index (χ4n) is 3.87. The summed E-state index contributed by atoms with van der Waals surface area (Å²) in [6.45, 7) is 3.84. The maximum Gasteiger partial charge on any atom is 0.261 e. The van der Waals surface area contributed by atoms with Crippen LogP contribution in [0, 0.1) is 6.92 Å². The average molecular weight is 522 g/mol. The molecule has 0 spiro atoms. The average Bonchev–Trinajstić information content (AvgIpc) is 2.79. The van der Waals surface area contributed by atoms with E-state index in [1.807, 2.05) is 31.2 Å². The van der Waals surface area contributed by atoms with Crippen molar-refractivity contribution in [2.24, 2.45) is 0 Å². The van der Waals surface area contributed by atoms with Crippen LogP contribution in [0.15, 0.2) is 46.9 Å². The summed E-state index contributed by atoms with van der Waals surface area (Å²) in [7, 11) is 0. The van der Waals surface area contributed by atoms with Crippen molar-refractivity contribution in [3.8, 4) is 5.75 Å². The molecule has 5 nitrogen and oxygen atoms in total. The van der Waals surface area contributed by atoms with E-state index in [2.05, 4.69) is 21.2 Å². The van der Waals surface area contributed by atoms with Crippen LogP contribution in [-0.4, -0.2) is 35.4 Å². The van der Waals surface area contributed by atoms with Crippen molar-refractivity contribution in [1.82, 2.24) is 10.2 Å². The molecule has 1 aliphatic carbocycles. The van der Waals surface area contributed by atoms with Crippen LogP contribution >= 0.6 is 27.5 Å². The third kappa shape index (κ3) is 6.97. The van der Waals surface area contributed by atoms with Gasteiger partial charge in [-0.05, 0) is 68.1 Å². The third-order valence-electron chi connectivity index (χ3n) is 5.88. The number of benzene rings is 2. The zero-order valence-electron chi connectivity index (χ0n) is 18.6. The van der Waals surface area contributed by atoms with Gasteiger partial charge in [0.05, 0.1) is 0 Å². The second kappa shape index (κ2) is 11.7. The van der Waals surface area contributed by atoms with E-state index in [0.717, 1.165) is 41.3 Å². The number of hydrogen-bond acceptors (Lipinski definition) is 3. The molecule has 0 saturated heterocycles. The summed E-state index contributed by atoms with van der Waals surface area (Å²) in [6, 6.07) is 12.6. The van der Waals surface area contributed by atoms with Gasteiger partial charge in [-0.25, -0.2) is 0 Å². The fraction of sp³-hybridized carbons (Fsp3) is 0.440. The van der Waals surface area contributed by atoms with Gasteiger partial charge in [-0.3, -0.25) is 9.59 Å². The molecule has 3 rings (SSSR count). The number of nitrogens with zero attached hydrogens (tertiary/aromatic N) is 1. The van der Waals surface area contributed by atoms with E-state index in [-0.39, 0.29) is 24.5 Å². The van der Waals surface area contributed by atoms with Gasteiger partial charge in [0.1, 0.15) is 11.8 Å². The first-order valence-electron chi connectivity index (χ1n) is 11.1. The van der Waals surface area contributed by atoms with E-state index < -0.39 is 6.04 Å². The Morgan fingerprint density at radius 1 is 1.16 bits per heavy atom. The van der Waals surface area contributed by atoms with Crippen molar-refractivity contribution in [3.63, 3.8) is 0 Å². The van der Waals surface area contributed by atoms with Gasteiger partial charge in [0.2, 0.25) is 5.91 Å². The molecule has 0 heterocycles. The first-order valence-corrected chi connectivity index (χ1v) is 12.2. The molecule has 0 radical (unpaired) electrons. The highest BCUT2D eigenvalue weighted by molar-refractivity contribution is 9.10. The van der Waals surface area contributed by atoms with E-state index in [9.17, 15) is 9.59 Å². The van der Waals surface area contributed by atoms with E-state index >= 15 is 0 Å². The normalized spacial score (nSPS) is 15.1.